The van der Waals surface area contributed by atoms with E-state index in [-0.39, 0.29) is 38.0 Å². The SMILES string of the molecule is N=C(N)c1ccc(CC(C(=O)N[C@@H](COCc2ccccc2)C(=O)N[C@@H](CCCN=C(N)N)C(N)=O)c2ccccc2)cc1. The number of nitrogens with zero attached hydrogens (tertiary/aromatic N) is 1. The van der Waals surface area contributed by atoms with Gasteiger partial charge in [-0.2, -0.15) is 0 Å². The molecule has 0 fully saturated rings. The highest BCUT2D eigenvalue weighted by atomic mass is 16.5. The Balaban J connectivity index is 1.80. The molecule has 3 aromatic carbocycles. The lowest BCUT2D eigenvalue weighted by molar-refractivity contribution is -0.133. The Kier molecular flexibility index (Phi) is 12.9. The minimum atomic E-state index is -1.13. The number of aliphatic imine (C=N–C) groups is 1. The van der Waals surface area contributed by atoms with Gasteiger partial charge in [0.2, 0.25) is 17.7 Å². The van der Waals surface area contributed by atoms with E-state index in [4.69, 9.17) is 33.1 Å². The largest absolute Gasteiger partial charge is 0.384 e. The van der Waals surface area contributed by atoms with E-state index in [0.29, 0.717) is 18.4 Å². The van der Waals surface area contributed by atoms with Gasteiger partial charge in [0.05, 0.1) is 19.1 Å². The molecule has 12 nitrogen and oxygen atoms in total. The maximum atomic E-state index is 13.8. The summed E-state index contributed by atoms with van der Waals surface area (Å²) in [7, 11) is 0. The topological polar surface area (TPSA) is 225 Å². The van der Waals surface area contributed by atoms with E-state index >= 15 is 0 Å². The Labute approximate surface area is 256 Å². The number of carbonyl (C=O) groups excluding carboxylic acids is 3. The minimum absolute atomic E-state index is 0.0521. The Bertz CT molecular complexity index is 1410. The molecule has 44 heavy (non-hydrogen) atoms. The van der Waals surface area contributed by atoms with Crippen molar-refractivity contribution in [3.05, 3.63) is 107 Å². The van der Waals surface area contributed by atoms with Crippen LogP contribution in [0.5, 0.6) is 0 Å². The van der Waals surface area contributed by atoms with Crippen LogP contribution in [0.3, 0.4) is 0 Å². The van der Waals surface area contributed by atoms with Crippen LogP contribution >= 0.6 is 0 Å². The normalized spacial score (nSPS) is 12.7. The summed E-state index contributed by atoms with van der Waals surface area (Å²) in [5, 5.41) is 13.1. The minimum Gasteiger partial charge on any atom is -0.384 e. The molecule has 0 radical (unpaired) electrons. The summed E-state index contributed by atoms with van der Waals surface area (Å²) in [4.78, 5) is 43.4. The first-order valence-corrected chi connectivity index (χ1v) is 14.2. The second-order valence-electron chi connectivity index (χ2n) is 10.3. The second-order valence-corrected chi connectivity index (χ2v) is 10.3. The van der Waals surface area contributed by atoms with Crippen LogP contribution in [0.4, 0.5) is 0 Å². The van der Waals surface area contributed by atoms with E-state index < -0.39 is 35.7 Å². The zero-order chi connectivity index (χ0) is 31.9. The fourth-order valence-electron chi connectivity index (χ4n) is 4.49. The van der Waals surface area contributed by atoms with Gasteiger partial charge >= 0.3 is 0 Å². The summed E-state index contributed by atoms with van der Waals surface area (Å²) in [6.07, 6.45) is 0.917. The third-order valence-electron chi connectivity index (χ3n) is 6.86. The van der Waals surface area contributed by atoms with Gasteiger partial charge in [-0.15, -0.1) is 0 Å². The maximum absolute atomic E-state index is 13.8. The average molecular weight is 601 g/mol. The molecule has 0 saturated carbocycles. The quantitative estimate of drug-likeness (QED) is 0.0676. The van der Waals surface area contributed by atoms with Crippen LogP contribution in [0.25, 0.3) is 0 Å². The number of benzene rings is 3. The molecule has 3 rings (SSSR count). The molecule has 0 spiro atoms. The predicted molar refractivity (Wildman–Crippen MR) is 169 cm³/mol. The summed E-state index contributed by atoms with van der Waals surface area (Å²) < 4.78 is 5.84. The summed E-state index contributed by atoms with van der Waals surface area (Å²) >= 11 is 0. The predicted octanol–water partition coefficient (Wildman–Crippen LogP) is 1.02. The van der Waals surface area contributed by atoms with Crippen LogP contribution in [0.2, 0.25) is 0 Å². The number of amidine groups is 1. The number of hydrogen-bond donors (Lipinski definition) is 7. The molecule has 0 aliphatic carbocycles. The monoisotopic (exact) mass is 600 g/mol. The number of rotatable bonds is 17. The summed E-state index contributed by atoms with van der Waals surface area (Å²) in [5.74, 6) is -2.53. The number of carbonyl (C=O) groups is 3. The van der Waals surface area contributed by atoms with Crippen molar-refractivity contribution in [2.24, 2.45) is 27.9 Å². The molecule has 12 heteroatoms. The van der Waals surface area contributed by atoms with Gasteiger partial charge in [0, 0.05) is 12.1 Å². The fraction of sp³-hybridized carbons (Fsp3) is 0.281. The van der Waals surface area contributed by atoms with Crippen molar-refractivity contribution in [3.8, 4) is 0 Å². The molecule has 0 aliphatic rings. The molecule has 0 bridgehead atoms. The Morgan fingerprint density at radius 1 is 0.773 bits per heavy atom. The molecule has 3 atom stereocenters. The molecular weight excluding hydrogens is 560 g/mol. The summed E-state index contributed by atoms with van der Waals surface area (Å²) in [6.45, 7) is 0.318. The van der Waals surface area contributed by atoms with Crippen LogP contribution in [0.1, 0.15) is 41.0 Å². The van der Waals surface area contributed by atoms with E-state index in [0.717, 1.165) is 16.7 Å². The number of guanidine groups is 1. The van der Waals surface area contributed by atoms with E-state index in [1.165, 1.54) is 0 Å². The lowest BCUT2D eigenvalue weighted by Gasteiger charge is -2.25. The molecule has 0 saturated heterocycles. The highest BCUT2D eigenvalue weighted by Crippen LogP contribution is 2.22. The van der Waals surface area contributed by atoms with E-state index in [9.17, 15) is 14.4 Å². The average Bonchev–Trinajstić information content (AvgIpc) is 3.01. The molecular formula is C32H40N8O4. The van der Waals surface area contributed by atoms with Crippen molar-refractivity contribution in [2.75, 3.05) is 13.2 Å². The molecule has 0 heterocycles. The van der Waals surface area contributed by atoms with Gasteiger partial charge in [0.15, 0.2) is 5.96 Å². The third-order valence-corrected chi connectivity index (χ3v) is 6.86. The van der Waals surface area contributed by atoms with Crippen LogP contribution < -0.4 is 33.6 Å². The second kappa shape index (κ2) is 17.0. The van der Waals surface area contributed by atoms with Gasteiger partial charge in [-0.1, -0.05) is 84.9 Å². The lowest BCUT2D eigenvalue weighted by atomic mass is 9.90. The standard InChI is InChI=1S/C32H40N8O4/c33-28(34)24-15-13-21(14-16-24)18-25(23-10-5-2-6-11-23)30(42)40-27(20-44-19-22-8-3-1-4-9-22)31(43)39-26(29(35)41)12-7-17-38-32(36)37/h1-6,8-11,13-16,25-27H,7,12,17-20H2,(H3,33,34)(H2,35,41)(H,39,43)(H,40,42)(H4,36,37,38)/t25?,26-,27-/m0/s1. The lowest BCUT2D eigenvalue weighted by Crippen LogP contribution is -2.55. The van der Waals surface area contributed by atoms with Crippen molar-refractivity contribution in [2.45, 2.75) is 43.9 Å². The van der Waals surface area contributed by atoms with Crippen molar-refractivity contribution >= 4 is 29.5 Å². The first-order valence-electron chi connectivity index (χ1n) is 14.2. The third kappa shape index (κ3) is 10.9. The van der Waals surface area contributed by atoms with E-state index in [1.54, 1.807) is 12.1 Å². The number of nitrogens with two attached hydrogens (primary N) is 4. The molecule has 0 aliphatic heterocycles. The molecule has 11 N–H and O–H groups in total. The number of amides is 3. The highest BCUT2D eigenvalue weighted by Gasteiger charge is 2.29. The van der Waals surface area contributed by atoms with Crippen molar-refractivity contribution in [3.63, 3.8) is 0 Å². The van der Waals surface area contributed by atoms with Crippen LogP contribution in [-0.2, 0) is 32.1 Å². The molecule has 1 unspecified atom stereocenters. The first kappa shape index (κ1) is 33.3. The smallest absolute Gasteiger partial charge is 0.245 e. The number of ether oxygens (including phenoxy) is 1. The highest BCUT2D eigenvalue weighted by molar-refractivity contribution is 5.95. The molecule has 3 aromatic rings. The number of hydrogen-bond acceptors (Lipinski definition) is 6. The number of nitrogen functional groups attached to an aromatic ring is 1. The number of nitrogens with one attached hydrogen (secondary N) is 3. The van der Waals surface area contributed by atoms with Crippen LogP contribution in [-0.4, -0.2) is 54.8 Å². The maximum Gasteiger partial charge on any atom is 0.245 e. The van der Waals surface area contributed by atoms with E-state index in [1.807, 2.05) is 72.8 Å². The zero-order valence-corrected chi connectivity index (χ0v) is 24.4. The van der Waals surface area contributed by atoms with Gasteiger partial charge in [-0.25, -0.2) is 0 Å². The van der Waals surface area contributed by atoms with Crippen LogP contribution in [0, 0.1) is 5.41 Å². The molecule has 3 amide bonds. The Morgan fingerprint density at radius 2 is 1.39 bits per heavy atom. The van der Waals surface area contributed by atoms with Crippen LogP contribution in [0.15, 0.2) is 89.9 Å². The van der Waals surface area contributed by atoms with Crippen molar-refractivity contribution < 1.29 is 19.1 Å². The Morgan fingerprint density at radius 3 is 1.98 bits per heavy atom. The van der Waals surface area contributed by atoms with Gasteiger partial charge in [-0.05, 0) is 36.0 Å². The van der Waals surface area contributed by atoms with Gasteiger partial charge in [-0.3, -0.25) is 24.8 Å². The molecule has 0 aromatic heterocycles. The zero-order valence-electron chi connectivity index (χ0n) is 24.4. The van der Waals surface area contributed by atoms with Crippen molar-refractivity contribution in [1.29, 1.82) is 5.41 Å². The fourth-order valence-corrected chi connectivity index (χ4v) is 4.49. The first-order chi connectivity index (χ1) is 21.1. The summed E-state index contributed by atoms with van der Waals surface area (Å²) in [5.41, 5.74) is 24.9. The van der Waals surface area contributed by atoms with Gasteiger partial charge in [0.25, 0.3) is 0 Å². The van der Waals surface area contributed by atoms with Gasteiger partial charge < -0.3 is 38.3 Å². The molecule has 232 valence electrons. The van der Waals surface area contributed by atoms with Crippen molar-refractivity contribution in [1.82, 2.24) is 10.6 Å². The Hall–Kier alpha value is -5.23. The van der Waals surface area contributed by atoms with E-state index in [2.05, 4.69) is 15.6 Å². The van der Waals surface area contributed by atoms with Gasteiger partial charge in [0.1, 0.15) is 17.9 Å². The number of primary amides is 1. The summed E-state index contributed by atoms with van der Waals surface area (Å²) in [6, 6.07) is 23.5.